The number of nitro benzene ring substituents is 1. The van der Waals surface area contributed by atoms with Gasteiger partial charge in [0.15, 0.2) is 0 Å². The molecule has 29 heavy (non-hydrogen) atoms. The molecule has 1 fully saturated rings. The molecule has 1 aromatic heterocycles. The Bertz CT molecular complexity index is 1040. The maximum Gasteiger partial charge on any atom is 0.329 e. The Morgan fingerprint density at radius 3 is 2.59 bits per heavy atom. The predicted molar refractivity (Wildman–Crippen MR) is 107 cm³/mol. The van der Waals surface area contributed by atoms with Gasteiger partial charge in [0.2, 0.25) is 0 Å². The number of methoxy groups -OCH3 is 1. The van der Waals surface area contributed by atoms with Gasteiger partial charge in [0.05, 0.1) is 23.8 Å². The van der Waals surface area contributed by atoms with Crippen molar-refractivity contribution in [3.05, 3.63) is 57.0 Å². The predicted octanol–water partition coefficient (Wildman–Crippen LogP) is 3.31. The molecule has 9 nitrogen and oxygen atoms in total. The van der Waals surface area contributed by atoms with Crippen molar-refractivity contribution in [1.29, 1.82) is 0 Å². The number of hydrogen-bond donors (Lipinski definition) is 1. The third kappa shape index (κ3) is 3.58. The number of benzene rings is 1. The van der Waals surface area contributed by atoms with Crippen molar-refractivity contribution in [3.8, 4) is 11.4 Å². The summed E-state index contributed by atoms with van der Waals surface area (Å²) in [7, 11) is 1.45. The van der Waals surface area contributed by atoms with E-state index in [4.69, 9.17) is 4.74 Å². The van der Waals surface area contributed by atoms with Gasteiger partial charge in [0.1, 0.15) is 11.4 Å². The first-order valence-electron chi connectivity index (χ1n) is 9.14. The number of carbonyl (C=O) groups is 2. The zero-order chi connectivity index (χ0) is 21.3. The minimum atomic E-state index is -0.478. The highest BCUT2D eigenvalue weighted by molar-refractivity contribution is 6.14. The second-order valence-corrected chi connectivity index (χ2v) is 6.72. The molecule has 0 unspecified atom stereocenters. The van der Waals surface area contributed by atoms with Gasteiger partial charge in [-0.1, -0.05) is 6.92 Å². The SMILES string of the molecule is CCCN1C(=O)N/C(=C/c2cc(C)n(-c3ccc([N+](=O)[O-])cc3OC)c2C)C1=O. The molecule has 1 saturated heterocycles. The molecule has 1 N–H and O–H groups in total. The van der Waals surface area contributed by atoms with E-state index in [2.05, 4.69) is 5.32 Å². The van der Waals surface area contributed by atoms with E-state index in [0.29, 0.717) is 24.4 Å². The zero-order valence-electron chi connectivity index (χ0n) is 16.7. The number of nitro groups is 1. The first kappa shape index (κ1) is 20.1. The van der Waals surface area contributed by atoms with Gasteiger partial charge in [-0.2, -0.15) is 0 Å². The molecule has 0 atom stereocenters. The van der Waals surface area contributed by atoms with E-state index < -0.39 is 11.0 Å². The summed E-state index contributed by atoms with van der Waals surface area (Å²) < 4.78 is 7.25. The highest BCUT2D eigenvalue weighted by Crippen LogP contribution is 2.32. The molecular formula is C20H22N4O5. The van der Waals surface area contributed by atoms with Crippen LogP contribution < -0.4 is 10.1 Å². The Morgan fingerprint density at radius 1 is 1.24 bits per heavy atom. The van der Waals surface area contributed by atoms with E-state index in [0.717, 1.165) is 17.0 Å². The number of urea groups is 1. The van der Waals surface area contributed by atoms with Gasteiger partial charge in [-0.15, -0.1) is 0 Å². The van der Waals surface area contributed by atoms with Crippen molar-refractivity contribution < 1.29 is 19.2 Å². The molecule has 1 aliphatic heterocycles. The van der Waals surface area contributed by atoms with Gasteiger partial charge >= 0.3 is 6.03 Å². The molecule has 3 amide bonds. The number of nitrogens with one attached hydrogen (secondary N) is 1. The van der Waals surface area contributed by atoms with Gasteiger partial charge in [-0.05, 0) is 44.0 Å². The second-order valence-electron chi connectivity index (χ2n) is 6.72. The molecule has 152 valence electrons. The second kappa shape index (κ2) is 7.78. The summed E-state index contributed by atoms with van der Waals surface area (Å²) in [6.07, 6.45) is 2.33. The average molecular weight is 398 g/mol. The lowest BCUT2D eigenvalue weighted by molar-refractivity contribution is -0.384. The number of imide groups is 1. The van der Waals surface area contributed by atoms with Crippen LogP contribution in [0.2, 0.25) is 0 Å². The van der Waals surface area contributed by atoms with Crippen LogP contribution in [0.25, 0.3) is 11.8 Å². The summed E-state index contributed by atoms with van der Waals surface area (Å²) >= 11 is 0. The first-order chi connectivity index (χ1) is 13.8. The van der Waals surface area contributed by atoms with Crippen LogP contribution in [0.3, 0.4) is 0 Å². The number of aryl methyl sites for hydroxylation is 1. The van der Waals surface area contributed by atoms with Gasteiger partial charge in [0, 0.05) is 24.0 Å². The van der Waals surface area contributed by atoms with E-state index in [-0.39, 0.29) is 17.3 Å². The molecule has 0 saturated carbocycles. The molecule has 0 aliphatic carbocycles. The standard InChI is InChI=1S/C20H22N4O5/c1-5-8-22-19(25)16(21-20(22)26)10-14-9-12(2)23(13(14)3)17-7-6-15(24(27)28)11-18(17)29-4/h6-7,9-11H,5,8H2,1-4H3,(H,21,26)/b16-10+. The number of aromatic nitrogens is 1. The maximum absolute atomic E-state index is 12.5. The van der Waals surface area contributed by atoms with Crippen LogP contribution in [0.1, 0.15) is 30.3 Å². The van der Waals surface area contributed by atoms with Crippen molar-refractivity contribution in [2.45, 2.75) is 27.2 Å². The van der Waals surface area contributed by atoms with Crippen LogP contribution in [0.4, 0.5) is 10.5 Å². The summed E-state index contributed by atoms with van der Waals surface area (Å²) in [6, 6.07) is 5.87. The zero-order valence-corrected chi connectivity index (χ0v) is 16.7. The maximum atomic E-state index is 12.5. The Balaban J connectivity index is 2.04. The Hall–Kier alpha value is -3.62. The van der Waals surface area contributed by atoms with Crippen molar-refractivity contribution in [2.24, 2.45) is 0 Å². The number of carbonyl (C=O) groups excluding carboxylic acids is 2. The topological polar surface area (TPSA) is 107 Å². The molecular weight excluding hydrogens is 376 g/mol. The van der Waals surface area contributed by atoms with Crippen LogP contribution in [0.15, 0.2) is 30.0 Å². The lowest BCUT2D eigenvalue weighted by atomic mass is 10.2. The van der Waals surface area contributed by atoms with Gasteiger partial charge < -0.3 is 14.6 Å². The number of amides is 3. The summed E-state index contributed by atoms with van der Waals surface area (Å²) in [5, 5.41) is 13.7. The number of nitrogens with zero attached hydrogens (tertiary/aromatic N) is 3. The smallest absolute Gasteiger partial charge is 0.329 e. The average Bonchev–Trinajstić information content (AvgIpc) is 3.11. The van der Waals surface area contributed by atoms with Crippen LogP contribution >= 0.6 is 0 Å². The Kier molecular flexibility index (Phi) is 5.40. The van der Waals surface area contributed by atoms with Crippen molar-refractivity contribution in [3.63, 3.8) is 0 Å². The summed E-state index contributed by atoms with van der Waals surface area (Å²) in [6.45, 7) is 6.01. The molecule has 9 heteroatoms. The Morgan fingerprint density at radius 2 is 1.97 bits per heavy atom. The molecule has 2 aromatic rings. The normalized spacial score (nSPS) is 15.2. The molecule has 2 heterocycles. The third-order valence-electron chi connectivity index (χ3n) is 4.79. The molecule has 0 spiro atoms. The van der Waals surface area contributed by atoms with E-state index >= 15 is 0 Å². The molecule has 0 bridgehead atoms. The Labute approximate surface area is 167 Å². The molecule has 1 aromatic carbocycles. The van der Waals surface area contributed by atoms with Gasteiger partial charge in [0.25, 0.3) is 11.6 Å². The number of non-ortho nitro benzene ring substituents is 1. The minimum Gasteiger partial charge on any atom is -0.494 e. The van der Waals surface area contributed by atoms with Crippen LogP contribution in [-0.2, 0) is 4.79 Å². The molecule has 3 rings (SSSR count). The van der Waals surface area contributed by atoms with E-state index in [1.807, 2.05) is 31.4 Å². The van der Waals surface area contributed by atoms with Crippen LogP contribution in [0, 0.1) is 24.0 Å². The van der Waals surface area contributed by atoms with Crippen molar-refractivity contribution in [1.82, 2.24) is 14.8 Å². The van der Waals surface area contributed by atoms with Gasteiger partial charge in [-0.3, -0.25) is 19.8 Å². The number of ether oxygens (including phenoxy) is 1. The van der Waals surface area contributed by atoms with Crippen molar-refractivity contribution in [2.75, 3.05) is 13.7 Å². The molecule has 0 radical (unpaired) electrons. The first-order valence-corrected chi connectivity index (χ1v) is 9.14. The summed E-state index contributed by atoms with van der Waals surface area (Å²) in [4.78, 5) is 36.2. The summed E-state index contributed by atoms with van der Waals surface area (Å²) in [5.74, 6) is 0.00846. The number of hydrogen-bond acceptors (Lipinski definition) is 5. The molecule has 1 aliphatic rings. The lowest BCUT2D eigenvalue weighted by Gasteiger charge is -2.13. The summed E-state index contributed by atoms with van der Waals surface area (Å²) in [5.41, 5.74) is 3.21. The fourth-order valence-corrected chi connectivity index (χ4v) is 3.42. The van der Waals surface area contributed by atoms with E-state index in [1.54, 1.807) is 12.1 Å². The van der Waals surface area contributed by atoms with E-state index in [1.165, 1.54) is 24.1 Å². The fourth-order valence-electron chi connectivity index (χ4n) is 3.42. The van der Waals surface area contributed by atoms with E-state index in [9.17, 15) is 19.7 Å². The largest absolute Gasteiger partial charge is 0.494 e. The lowest BCUT2D eigenvalue weighted by Crippen LogP contribution is -2.31. The fraction of sp³-hybridized carbons (Fsp3) is 0.300. The van der Waals surface area contributed by atoms with Crippen LogP contribution in [-0.4, -0.2) is 40.0 Å². The monoisotopic (exact) mass is 398 g/mol. The highest BCUT2D eigenvalue weighted by atomic mass is 16.6. The van der Waals surface area contributed by atoms with Crippen LogP contribution in [0.5, 0.6) is 5.75 Å². The third-order valence-corrected chi connectivity index (χ3v) is 4.79. The highest BCUT2D eigenvalue weighted by Gasteiger charge is 2.33. The minimum absolute atomic E-state index is 0.0642. The quantitative estimate of drug-likeness (QED) is 0.348. The van der Waals surface area contributed by atoms with Crippen molar-refractivity contribution >= 4 is 23.7 Å². The van der Waals surface area contributed by atoms with Gasteiger partial charge in [-0.25, -0.2) is 4.79 Å². The number of rotatable bonds is 6.